The smallest absolute Gasteiger partial charge is 0.233 e. The van der Waals surface area contributed by atoms with Crippen LogP contribution in [-0.2, 0) is 22.9 Å². The summed E-state index contributed by atoms with van der Waals surface area (Å²) in [6.07, 6.45) is 3.52. The summed E-state index contributed by atoms with van der Waals surface area (Å²) in [5, 5.41) is 8.62. The lowest BCUT2D eigenvalue weighted by atomic mass is 10.2. The van der Waals surface area contributed by atoms with Gasteiger partial charge in [0.25, 0.3) is 0 Å². The molecule has 28 heavy (non-hydrogen) atoms. The molecule has 0 aliphatic carbocycles. The van der Waals surface area contributed by atoms with Crippen molar-refractivity contribution < 1.29 is 14.3 Å². The van der Waals surface area contributed by atoms with Crippen LogP contribution < -0.4 is 0 Å². The Labute approximate surface area is 170 Å². The molecule has 0 saturated heterocycles. The largest absolute Gasteiger partial charge is 0.360 e. The lowest BCUT2D eigenvalue weighted by Crippen LogP contribution is -2.22. The highest BCUT2D eigenvalue weighted by Crippen LogP contribution is 2.10. The average Bonchev–Trinajstić information content (AvgIpc) is 3.23. The van der Waals surface area contributed by atoms with E-state index in [0.29, 0.717) is 24.8 Å². The van der Waals surface area contributed by atoms with E-state index in [1.807, 2.05) is 0 Å². The summed E-state index contributed by atoms with van der Waals surface area (Å²) in [4.78, 5) is 12.6. The van der Waals surface area contributed by atoms with Gasteiger partial charge < -0.3 is 9.47 Å². The van der Waals surface area contributed by atoms with Gasteiger partial charge in [-0.1, -0.05) is 39.3 Å². The van der Waals surface area contributed by atoms with Crippen LogP contribution in [0.1, 0.15) is 16.2 Å². The highest BCUT2D eigenvalue weighted by atomic mass is 28.3. The molecule has 0 unspecified atom stereocenters. The molecule has 0 aliphatic heterocycles. The Bertz CT molecular complexity index is 698. The number of carbonyl (C=O) groups is 1. The summed E-state index contributed by atoms with van der Waals surface area (Å²) in [7, 11) is -2.20. The minimum Gasteiger partial charge on any atom is -0.360 e. The van der Waals surface area contributed by atoms with Gasteiger partial charge in [-0.3, -0.25) is 4.79 Å². The monoisotopic (exact) mass is 422 g/mol. The second kappa shape index (κ2) is 9.77. The Morgan fingerprint density at radius 2 is 1.21 bits per heavy atom. The minimum atomic E-state index is -1.10. The molecule has 0 spiro atoms. The van der Waals surface area contributed by atoms with Crippen LogP contribution >= 0.6 is 0 Å². The van der Waals surface area contributed by atoms with Crippen molar-refractivity contribution in [1.29, 1.82) is 0 Å². The number of hydrogen-bond donors (Lipinski definition) is 0. The van der Waals surface area contributed by atoms with Crippen LogP contribution in [0.2, 0.25) is 51.4 Å². The number of aromatic nitrogens is 4. The fourth-order valence-electron chi connectivity index (χ4n) is 2.31. The number of ether oxygens (including phenoxy) is 2. The zero-order chi connectivity index (χ0) is 20.8. The van der Waals surface area contributed by atoms with Gasteiger partial charge >= 0.3 is 0 Å². The molecule has 156 valence electrons. The molecule has 7 nitrogen and oxygen atoms in total. The average molecular weight is 423 g/mol. The fraction of sp³-hybridized carbons (Fsp3) is 0.632. The van der Waals surface area contributed by atoms with Crippen LogP contribution in [0, 0.1) is 0 Å². The van der Waals surface area contributed by atoms with Crippen LogP contribution in [0.4, 0.5) is 0 Å². The molecule has 2 aromatic heterocycles. The normalized spacial score (nSPS) is 12.5. The maximum absolute atomic E-state index is 12.6. The summed E-state index contributed by atoms with van der Waals surface area (Å²) >= 11 is 0. The maximum Gasteiger partial charge on any atom is 0.233 e. The van der Waals surface area contributed by atoms with E-state index in [1.54, 1.807) is 33.9 Å². The number of carbonyl (C=O) groups excluding carboxylic acids is 1. The highest BCUT2D eigenvalue weighted by molar-refractivity contribution is 6.76. The summed E-state index contributed by atoms with van der Waals surface area (Å²) in [5.41, 5.74) is 0.748. The summed E-state index contributed by atoms with van der Waals surface area (Å²) in [6, 6.07) is 5.62. The van der Waals surface area contributed by atoms with Gasteiger partial charge in [0.1, 0.15) is 24.8 Å². The molecule has 0 aromatic carbocycles. The third kappa shape index (κ3) is 8.21. The molecular weight excluding hydrogens is 388 g/mol. The maximum atomic E-state index is 12.6. The molecule has 0 amide bonds. The predicted molar refractivity (Wildman–Crippen MR) is 116 cm³/mol. The van der Waals surface area contributed by atoms with Crippen LogP contribution in [0.15, 0.2) is 24.5 Å². The first kappa shape index (κ1) is 22.7. The van der Waals surface area contributed by atoms with E-state index in [9.17, 15) is 4.79 Å². The van der Waals surface area contributed by atoms with Gasteiger partial charge in [0.15, 0.2) is 0 Å². The van der Waals surface area contributed by atoms with Crippen molar-refractivity contribution in [3.63, 3.8) is 0 Å². The van der Waals surface area contributed by atoms with Crippen molar-refractivity contribution in [2.24, 2.45) is 0 Å². The van der Waals surface area contributed by atoms with Gasteiger partial charge in [-0.25, -0.2) is 9.36 Å². The van der Waals surface area contributed by atoms with Crippen molar-refractivity contribution in [1.82, 2.24) is 19.6 Å². The van der Waals surface area contributed by atoms with E-state index in [2.05, 4.69) is 49.5 Å². The molecule has 0 saturated carbocycles. The molecule has 0 aliphatic rings. The molecule has 0 fully saturated rings. The predicted octanol–water partition coefficient (Wildman–Crippen LogP) is 3.94. The molecule has 0 bridgehead atoms. The number of rotatable bonds is 12. The zero-order valence-electron chi connectivity index (χ0n) is 18.1. The summed E-state index contributed by atoms with van der Waals surface area (Å²) in [6.45, 7) is 16.1. The molecule has 0 N–H and O–H groups in total. The topological polar surface area (TPSA) is 71.2 Å². The molecule has 0 atom stereocenters. The fourth-order valence-corrected chi connectivity index (χ4v) is 3.83. The van der Waals surface area contributed by atoms with Crippen LogP contribution in [0.5, 0.6) is 0 Å². The van der Waals surface area contributed by atoms with E-state index < -0.39 is 16.1 Å². The Morgan fingerprint density at radius 1 is 0.821 bits per heavy atom. The molecular formula is C19H34N4O3Si2. The number of hydrogen-bond acceptors (Lipinski definition) is 5. The van der Waals surface area contributed by atoms with Gasteiger partial charge in [-0.15, -0.1) is 0 Å². The first-order valence-corrected chi connectivity index (χ1v) is 17.2. The summed E-state index contributed by atoms with van der Waals surface area (Å²) in [5.74, 6) is -0.193. The van der Waals surface area contributed by atoms with E-state index in [-0.39, 0.29) is 5.78 Å². The second-order valence-electron chi connectivity index (χ2n) is 9.51. The number of nitrogens with zero attached hydrogens (tertiary/aromatic N) is 4. The van der Waals surface area contributed by atoms with E-state index in [0.717, 1.165) is 25.3 Å². The lowest BCUT2D eigenvalue weighted by Gasteiger charge is -2.15. The first-order valence-electron chi connectivity index (χ1n) is 9.81. The quantitative estimate of drug-likeness (QED) is 0.294. The molecule has 2 aromatic rings. The van der Waals surface area contributed by atoms with Gasteiger partial charge in [-0.2, -0.15) is 10.2 Å². The van der Waals surface area contributed by atoms with Crippen LogP contribution in [-0.4, -0.2) is 54.7 Å². The third-order valence-corrected chi connectivity index (χ3v) is 7.59. The van der Waals surface area contributed by atoms with Crippen molar-refractivity contribution in [2.75, 3.05) is 13.2 Å². The highest BCUT2D eigenvalue weighted by Gasteiger charge is 2.16. The Kier molecular flexibility index (Phi) is 7.93. The molecule has 2 heterocycles. The Hall–Kier alpha value is -1.56. The third-order valence-electron chi connectivity index (χ3n) is 4.19. The van der Waals surface area contributed by atoms with E-state index in [4.69, 9.17) is 9.47 Å². The second-order valence-corrected chi connectivity index (χ2v) is 20.7. The van der Waals surface area contributed by atoms with Gasteiger partial charge in [0.05, 0.1) is 0 Å². The molecule has 0 radical (unpaired) electrons. The van der Waals surface area contributed by atoms with Gasteiger partial charge in [0, 0.05) is 41.8 Å². The summed E-state index contributed by atoms with van der Waals surface area (Å²) < 4.78 is 14.6. The minimum absolute atomic E-state index is 0.193. The first-order chi connectivity index (χ1) is 13.0. The van der Waals surface area contributed by atoms with Crippen molar-refractivity contribution in [3.8, 4) is 0 Å². The molecule has 9 heteroatoms. The van der Waals surface area contributed by atoms with Crippen molar-refractivity contribution >= 4 is 21.9 Å². The Balaban J connectivity index is 1.81. The van der Waals surface area contributed by atoms with Crippen LogP contribution in [0.3, 0.4) is 0 Å². The Morgan fingerprint density at radius 3 is 1.57 bits per heavy atom. The van der Waals surface area contributed by atoms with Gasteiger partial charge in [-0.05, 0) is 24.2 Å². The van der Waals surface area contributed by atoms with Crippen molar-refractivity contribution in [3.05, 3.63) is 35.9 Å². The zero-order valence-corrected chi connectivity index (χ0v) is 20.1. The van der Waals surface area contributed by atoms with Gasteiger partial charge in [0.2, 0.25) is 5.78 Å². The van der Waals surface area contributed by atoms with E-state index in [1.165, 1.54) is 0 Å². The SMILES string of the molecule is C[Si](C)(C)CCOCn1ccc(C(=O)c2ccn(COCC[Si](C)(C)C)n2)n1. The van der Waals surface area contributed by atoms with Crippen LogP contribution in [0.25, 0.3) is 0 Å². The van der Waals surface area contributed by atoms with Crippen molar-refractivity contribution in [2.45, 2.75) is 64.8 Å². The molecule has 2 rings (SSSR count). The van der Waals surface area contributed by atoms with E-state index >= 15 is 0 Å². The lowest BCUT2D eigenvalue weighted by molar-refractivity contribution is 0.0773. The number of ketones is 1. The standard InChI is InChI=1S/C19H34N4O3Si2/c1-27(2,3)13-11-25-15-22-9-7-17(20-22)19(24)18-8-10-23(21-18)16-26-12-14-28(4,5)6/h7-10H,11-16H2,1-6H3.